The summed E-state index contributed by atoms with van der Waals surface area (Å²) in [6.45, 7) is 3.99. The van der Waals surface area contributed by atoms with Crippen molar-refractivity contribution in [1.82, 2.24) is 15.3 Å². The van der Waals surface area contributed by atoms with Crippen LogP contribution in [0, 0.1) is 13.8 Å². The predicted octanol–water partition coefficient (Wildman–Crippen LogP) is 3.31. The van der Waals surface area contributed by atoms with E-state index in [-0.39, 0.29) is 11.9 Å². The second-order valence-electron chi connectivity index (χ2n) is 7.62. The molecule has 0 saturated heterocycles. The molecule has 1 aromatic carbocycles. The van der Waals surface area contributed by atoms with Crippen molar-refractivity contribution in [3.05, 3.63) is 47.2 Å². The van der Waals surface area contributed by atoms with E-state index in [2.05, 4.69) is 20.6 Å². The van der Waals surface area contributed by atoms with Gasteiger partial charge >= 0.3 is 0 Å². The Labute approximate surface area is 161 Å². The van der Waals surface area contributed by atoms with Crippen LogP contribution in [0.5, 0.6) is 0 Å². The van der Waals surface area contributed by atoms with Crippen molar-refractivity contribution in [3.8, 4) is 0 Å². The maximum atomic E-state index is 12.4. The lowest BCUT2D eigenvalue weighted by molar-refractivity contribution is 0.0926. The largest absolute Gasteiger partial charge is 0.363 e. The van der Waals surface area contributed by atoms with Crippen molar-refractivity contribution in [1.29, 1.82) is 0 Å². The number of anilines is 2. The van der Waals surface area contributed by atoms with Gasteiger partial charge in [-0.2, -0.15) is 4.98 Å². The normalized spacial score (nSPS) is 19.4. The molecule has 2 N–H and O–H groups in total. The molecule has 1 amide bonds. The van der Waals surface area contributed by atoms with Crippen LogP contribution in [-0.2, 0) is 0 Å². The zero-order chi connectivity index (χ0) is 19.4. The third-order valence-corrected chi connectivity index (χ3v) is 4.97. The molecule has 0 bridgehead atoms. The van der Waals surface area contributed by atoms with Gasteiger partial charge in [-0.05, 0) is 51.7 Å². The van der Waals surface area contributed by atoms with E-state index in [1.54, 1.807) is 0 Å². The van der Waals surface area contributed by atoms with E-state index in [0.29, 0.717) is 12.0 Å². The van der Waals surface area contributed by atoms with Crippen LogP contribution in [0.2, 0.25) is 0 Å². The monoisotopic (exact) mass is 367 g/mol. The molecule has 1 saturated carbocycles. The minimum atomic E-state index is 0.0211. The van der Waals surface area contributed by atoms with Gasteiger partial charge in [-0.1, -0.05) is 17.7 Å². The van der Waals surface area contributed by atoms with Crippen molar-refractivity contribution in [2.45, 2.75) is 51.6 Å². The van der Waals surface area contributed by atoms with Crippen LogP contribution in [0.1, 0.15) is 47.3 Å². The Hall–Kier alpha value is -2.63. The number of hydrogen-bond donors (Lipinski definition) is 2. The number of benzene rings is 1. The molecule has 27 heavy (non-hydrogen) atoms. The highest BCUT2D eigenvalue weighted by molar-refractivity contribution is 5.94. The molecular weight excluding hydrogens is 338 g/mol. The molecule has 6 nitrogen and oxygen atoms in total. The van der Waals surface area contributed by atoms with Crippen LogP contribution in [-0.4, -0.2) is 42.1 Å². The third kappa shape index (κ3) is 5.18. The molecule has 1 aliphatic carbocycles. The molecule has 144 valence electrons. The summed E-state index contributed by atoms with van der Waals surface area (Å²) >= 11 is 0. The Morgan fingerprint density at radius 3 is 2.41 bits per heavy atom. The average Bonchev–Trinajstić information content (AvgIpc) is 2.63. The Balaban J connectivity index is 1.53. The first-order valence-corrected chi connectivity index (χ1v) is 9.58. The maximum Gasteiger partial charge on any atom is 0.251 e. The van der Waals surface area contributed by atoms with Crippen molar-refractivity contribution in [3.63, 3.8) is 0 Å². The topological polar surface area (TPSA) is 70.2 Å². The fraction of sp³-hybridized carbons (Fsp3) is 0.476. The van der Waals surface area contributed by atoms with E-state index in [9.17, 15) is 4.79 Å². The second kappa shape index (κ2) is 8.37. The highest BCUT2D eigenvalue weighted by Gasteiger charge is 2.23. The van der Waals surface area contributed by atoms with Gasteiger partial charge in [-0.25, -0.2) is 4.98 Å². The summed E-state index contributed by atoms with van der Waals surface area (Å²) < 4.78 is 0. The van der Waals surface area contributed by atoms with E-state index < -0.39 is 0 Å². The van der Waals surface area contributed by atoms with E-state index in [1.165, 1.54) is 0 Å². The first kappa shape index (κ1) is 19.1. The Kier molecular flexibility index (Phi) is 5.94. The number of aromatic nitrogens is 2. The SMILES string of the molecule is Cc1cccc(C(=O)NC2CCC(Nc3nc(C)cc(N(C)C)n3)CC2)c1. The predicted molar refractivity (Wildman–Crippen MR) is 109 cm³/mol. The van der Waals surface area contributed by atoms with Gasteiger partial charge in [-0.15, -0.1) is 0 Å². The standard InChI is InChI=1S/C21H29N5O/c1-14-6-5-7-16(12-14)20(27)23-17-8-10-18(11-9-17)24-21-22-15(2)13-19(25-21)26(3)4/h5-7,12-13,17-18H,8-11H2,1-4H3,(H,23,27)(H,22,24,25). The summed E-state index contributed by atoms with van der Waals surface area (Å²) in [6.07, 6.45) is 3.91. The molecule has 0 atom stereocenters. The van der Waals surface area contributed by atoms with E-state index in [4.69, 9.17) is 0 Å². The molecule has 0 spiro atoms. The fourth-order valence-electron chi connectivity index (χ4n) is 3.47. The Morgan fingerprint density at radius 2 is 1.74 bits per heavy atom. The maximum absolute atomic E-state index is 12.4. The first-order valence-electron chi connectivity index (χ1n) is 9.58. The minimum Gasteiger partial charge on any atom is -0.363 e. The molecule has 6 heteroatoms. The van der Waals surface area contributed by atoms with E-state index >= 15 is 0 Å². The molecular formula is C21H29N5O. The molecule has 1 heterocycles. The smallest absolute Gasteiger partial charge is 0.251 e. The van der Waals surface area contributed by atoms with Crippen molar-refractivity contribution in [2.24, 2.45) is 0 Å². The summed E-state index contributed by atoms with van der Waals surface area (Å²) in [7, 11) is 3.96. The van der Waals surface area contributed by atoms with Crippen molar-refractivity contribution < 1.29 is 4.79 Å². The minimum absolute atomic E-state index is 0.0211. The number of nitrogens with one attached hydrogen (secondary N) is 2. The van der Waals surface area contributed by atoms with Gasteiger partial charge in [0.2, 0.25) is 5.95 Å². The number of carbonyl (C=O) groups is 1. The fourth-order valence-corrected chi connectivity index (χ4v) is 3.47. The molecule has 2 aromatic rings. The molecule has 1 aromatic heterocycles. The van der Waals surface area contributed by atoms with Crippen LogP contribution in [0.3, 0.4) is 0 Å². The molecule has 3 rings (SSSR count). The van der Waals surface area contributed by atoms with Gasteiger partial charge in [0.05, 0.1) is 0 Å². The molecule has 0 unspecified atom stereocenters. The number of aryl methyl sites for hydroxylation is 2. The van der Waals surface area contributed by atoms with Crippen molar-refractivity contribution >= 4 is 17.7 Å². The summed E-state index contributed by atoms with van der Waals surface area (Å²) in [6, 6.07) is 10.3. The average molecular weight is 367 g/mol. The number of amides is 1. The van der Waals surface area contributed by atoms with Gasteiger partial charge < -0.3 is 15.5 Å². The molecule has 1 fully saturated rings. The zero-order valence-electron chi connectivity index (χ0n) is 16.6. The van der Waals surface area contributed by atoms with Crippen LogP contribution < -0.4 is 15.5 Å². The summed E-state index contributed by atoms with van der Waals surface area (Å²) in [5.74, 6) is 1.61. The van der Waals surface area contributed by atoms with Crippen molar-refractivity contribution in [2.75, 3.05) is 24.3 Å². The van der Waals surface area contributed by atoms with E-state index in [0.717, 1.165) is 48.3 Å². The van der Waals surface area contributed by atoms with Crippen LogP contribution in [0.15, 0.2) is 30.3 Å². The Morgan fingerprint density at radius 1 is 1.04 bits per heavy atom. The van der Waals surface area contributed by atoms with Gasteiger partial charge in [-0.3, -0.25) is 4.79 Å². The lowest BCUT2D eigenvalue weighted by atomic mass is 9.91. The van der Waals surface area contributed by atoms with Gasteiger partial charge in [0.1, 0.15) is 5.82 Å². The summed E-state index contributed by atoms with van der Waals surface area (Å²) in [4.78, 5) is 23.5. The number of hydrogen-bond acceptors (Lipinski definition) is 5. The quantitative estimate of drug-likeness (QED) is 0.848. The summed E-state index contributed by atoms with van der Waals surface area (Å²) in [5, 5.41) is 6.64. The number of carbonyl (C=O) groups excluding carboxylic acids is 1. The number of nitrogens with zero attached hydrogens (tertiary/aromatic N) is 3. The van der Waals surface area contributed by atoms with Gasteiger partial charge in [0, 0.05) is 43.5 Å². The lowest BCUT2D eigenvalue weighted by Gasteiger charge is -2.30. The zero-order valence-corrected chi connectivity index (χ0v) is 16.6. The molecule has 0 radical (unpaired) electrons. The van der Waals surface area contributed by atoms with Crippen LogP contribution >= 0.6 is 0 Å². The van der Waals surface area contributed by atoms with Crippen LogP contribution in [0.25, 0.3) is 0 Å². The summed E-state index contributed by atoms with van der Waals surface area (Å²) in [5.41, 5.74) is 2.79. The Bertz CT molecular complexity index is 797. The third-order valence-electron chi connectivity index (χ3n) is 4.97. The highest BCUT2D eigenvalue weighted by atomic mass is 16.1. The van der Waals surface area contributed by atoms with Gasteiger partial charge in [0.15, 0.2) is 0 Å². The lowest BCUT2D eigenvalue weighted by Crippen LogP contribution is -2.40. The second-order valence-corrected chi connectivity index (χ2v) is 7.62. The molecule has 0 aliphatic heterocycles. The first-order chi connectivity index (χ1) is 12.9. The van der Waals surface area contributed by atoms with Gasteiger partial charge in [0.25, 0.3) is 5.91 Å². The highest BCUT2D eigenvalue weighted by Crippen LogP contribution is 2.22. The molecule has 1 aliphatic rings. The van der Waals surface area contributed by atoms with E-state index in [1.807, 2.05) is 63.2 Å². The van der Waals surface area contributed by atoms with Crippen LogP contribution in [0.4, 0.5) is 11.8 Å². The number of rotatable bonds is 5.